The van der Waals surface area contributed by atoms with Crippen molar-refractivity contribution in [2.45, 2.75) is 6.42 Å². The number of aromatic amines is 1. The minimum absolute atomic E-state index is 0.0453. The first kappa shape index (κ1) is 8.45. The van der Waals surface area contributed by atoms with Crippen molar-refractivity contribution in [2.75, 3.05) is 0 Å². The molecular formula is C7H6FNO3. The standard InChI is InChI=1S/C7H6FNO3/c8-6-2-5(10)4(3-9-6)1-7(11)12/h2-3H,1H2,(H,9,10)(H,11,12). The molecule has 0 spiro atoms. The largest absolute Gasteiger partial charge is 0.481 e. The van der Waals surface area contributed by atoms with Crippen LogP contribution in [-0.4, -0.2) is 16.1 Å². The zero-order chi connectivity index (χ0) is 9.14. The molecule has 0 aromatic carbocycles. The molecule has 0 atom stereocenters. The van der Waals surface area contributed by atoms with Crippen molar-refractivity contribution < 1.29 is 14.3 Å². The third kappa shape index (κ3) is 1.91. The Balaban J connectivity index is 3.02. The molecule has 0 aliphatic rings. The first-order valence-corrected chi connectivity index (χ1v) is 3.18. The minimum Gasteiger partial charge on any atom is -0.481 e. The molecule has 0 aliphatic carbocycles. The fourth-order valence-corrected chi connectivity index (χ4v) is 0.778. The molecule has 0 saturated heterocycles. The van der Waals surface area contributed by atoms with Crippen molar-refractivity contribution in [2.24, 2.45) is 0 Å². The maximum Gasteiger partial charge on any atom is 0.308 e. The number of nitrogens with one attached hydrogen (secondary N) is 1. The van der Waals surface area contributed by atoms with E-state index in [0.29, 0.717) is 0 Å². The molecule has 1 heterocycles. The van der Waals surface area contributed by atoms with E-state index in [2.05, 4.69) is 4.98 Å². The Morgan fingerprint density at radius 1 is 1.67 bits per heavy atom. The van der Waals surface area contributed by atoms with Gasteiger partial charge in [-0.3, -0.25) is 9.59 Å². The van der Waals surface area contributed by atoms with Crippen molar-refractivity contribution in [1.29, 1.82) is 0 Å². The molecule has 0 aliphatic heterocycles. The van der Waals surface area contributed by atoms with E-state index in [9.17, 15) is 14.0 Å². The van der Waals surface area contributed by atoms with Crippen LogP contribution < -0.4 is 5.43 Å². The molecule has 1 aromatic heterocycles. The summed E-state index contributed by atoms with van der Waals surface area (Å²) < 4.78 is 12.3. The predicted molar refractivity (Wildman–Crippen MR) is 38.4 cm³/mol. The summed E-state index contributed by atoms with van der Waals surface area (Å²) in [5.74, 6) is -1.89. The van der Waals surface area contributed by atoms with Gasteiger partial charge in [-0.05, 0) is 0 Å². The fourth-order valence-electron chi connectivity index (χ4n) is 0.778. The first-order chi connectivity index (χ1) is 5.59. The lowest BCUT2D eigenvalue weighted by Gasteiger charge is -1.94. The average Bonchev–Trinajstić information content (AvgIpc) is 1.94. The zero-order valence-electron chi connectivity index (χ0n) is 6.00. The SMILES string of the molecule is O=C(O)Cc1c[nH]c(F)cc1=O. The summed E-state index contributed by atoms with van der Waals surface area (Å²) in [6.07, 6.45) is 0.668. The smallest absolute Gasteiger partial charge is 0.308 e. The van der Waals surface area contributed by atoms with E-state index in [4.69, 9.17) is 5.11 Å². The van der Waals surface area contributed by atoms with E-state index in [0.717, 1.165) is 12.3 Å². The van der Waals surface area contributed by atoms with E-state index < -0.39 is 23.8 Å². The van der Waals surface area contributed by atoms with E-state index >= 15 is 0 Å². The second-order valence-electron chi connectivity index (χ2n) is 2.24. The Morgan fingerprint density at radius 3 is 2.83 bits per heavy atom. The van der Waals surface area contributed by atoms with Crippen LogP contribution in [0.1, 0.15) is 5.56 Å². The van der Waals surface area contributed by atoms with Crippen LogP contribution in [0.15, 0.2) is 17.1 Å². The van der Waals surface area contributed by atoms with Gasteiger partial charge in [-0.2, -0.15) is 4.39 Å². The highest BCUT2D eigenvalue weighted by Crippen LogP contribution is 1.92. The Bertz CT molecular complexity index is 358. The van der Waals surface area contributed by atoms with Crippen LogP contribution in [-0.2, 0) is 11.2 Å². The maximum atomic E-state index is 12.3. The molecule has 0 amide bonds. The summed E-state index contributed by atoms with van der Waals surface area (Å²) in [6, 6.07) is 0.721. The van der Waals surface area contributed by atoms with E-state index in [1.165, 1.54) is 0 Å². The van der Waals surface area contributed by atoms with E-state index in [-0.39, 0.29) is 5.56 Å². The number of carboxylic acids is 1. The molecule has 4 nitrogen and oxygen atoms in total. The van der Waals surface area contributed by atoms with Crippen molar-refractivity contribution in [1.82, 2.24) is 4.98 Å². The number of hydrogen-bond acceptors (Lipinski definition) is 2. The van der Waals surface area contributed by atoms with Gasteiger partial charge in [0, 0.05) is 17.8 Å². The number of H-pyrrole nitrogens is 1. The molecule has 0 saturated carbocycles. The highest BCUT2D eigenvalue weighted by molar-refractivity contribution is 5.69. The molecule has 5 heteroatoms. The third-order valence-electron chi connectivity index (χ3n) is 1.30. The normalized spacial score (nSPS) is 9.75. The van der Waals surface area contributed by atoms with E-state index in [1.807, 2.05) is 0 Å². The Hall–Kier alpha value is -1.65. The van der Waals surface area contributed by atoms with Crippen LogP contribution in [0.3, 0.4) is 0 Å². The Labute approximate surface area is 66.7 Å². The zero-order valence-corrected chi connectivity index (χ0v) is 6.00. The van der Waals surface area contributed by atoms with Gasteiger partial charge in [0.15, 0.2) is 11.4 Å². The number of pyridine rings is 1. The highest BCUT2D eigenvalue weighted by Gasteiger charge is 2.04. The van der Waals surface area contributed by atoms with Crippen LogP contribution in [0.2, 0.25) is 0 Å². The molecule has 0 bridgehead atoms. The number of carboxylic acid groups (broad SMARTS) is 1. The number of rotatable bonds is 2. The molecular weight excluding hydrogens is 165 g/mol. The molecule has 1 aromatic rings. The van der Waals surface area contributed by atoms with Gasteiger partial charge in [0.2, 0.25) is 0 Å². The summed E-state index contributed by atoms with van der Waals surface area (Å²) in [5.41, 5.74) is -0.558. The van der Waals surface area contributed by atoms with E-state index in [1.54, 1.807) is 0 Å². The Kier molecular flexibility index (Phi) is 2.23. The summed E-state index contributed by atoms with van der Waals surface area (Å²) in [7, 11) is 0. The lowest BCUT2D eigenvalue weighted by Crippen LogP contribution is -2.13. The molecule has 0 radical (unpaired) electrons. The second-order valence-corrected chi connectivity index (χ2v) is 2.24. The first-order valence-electron chi connectivity index (χ1n) is 3.18. The Morgan fingerprint density at radius 2 is 2.33 bits per heavy atom. The van der Waals surface area contributed by atoms with Gasteiger partial charge in [-0.25, -0.2) is 0 Å². The van der Waals surface area contributed by atoms with Crippen molar-refractivity contribution in [3.8, 4) is 0 Å². The maximum absolute atomic E-state index is 12.3. The van der Waals surface area contributed by atoms with Gasteiger partial charge in [0.1, 0.15) is 0 Å². The van der Waals surface area contributed by atoms with Crippen LogP contribution in [0, 0.1) is 5.95 Å². The van der Waals surface area contributed by atoms with Crippen molar-refractivity contribution >= 4 is 5.97 Å². The van der Waals surface area contributed by atoms with Gasteiger partial charge < -0.3 is 10.1 Å². The summed E-state index contributed by atoms with van der Waals surface area (Å²) in [4.78, 5) is 23.1. The monoisotopic (exact) mass is 171 g/mol. The number of hydrogen-bond donors (Lipinski definition) is 2. The topological polar surface area (TPSA) is 70.2 Å². The number of aliphatic carboxylic acids is 1. The number of halogens is 1. The van der Waals surface area contributed by atoms with Crippen LogP contribution in [0.25, 0.3) is 0 Å². The third-order valence-corrected chi connectivity index (χ3v) is 1.30. The average molecular weight is 171 g/mol. The van der Waals surface area contributed by atoms with Crippen LogP contribution in [0.5, 0.6) is 0 Å². The summed E-state index contributed by atoms with van der Waals surface area (Å²) in [5, 5.41) is 8.31. The van der Waals surface area contributed by atoms with Crippen LogP contribution >= 0.6 is 0 Å². The van der Waals surface area contributed by atoms with Gasteiger partial charge in [0.25, 0.3) is 0 Å². The molecule has 0 unspecified atom stereocenters. The lowest BCUT2D eigenvalue weighted by atomic mass is 10.2. The number of aromatic nitrogens is 1. The summed E-state index contributed by atoms with van der Waals surface area (Å²) in [6.45, 7) is 0. The molecule has 64 valence electrons. The number of carbonyl (C=O) groups is 1. The summed E-state index contributed by atoms with van der Waals surface area (Å²) >= 11 is 0. The lowest BCUT2D eigenvalue weighted by molar-refractivity contribution is -0.136. The molecule has 2 N–H and O–H groups in total. The van der Waals surface area contributed by atoms with Gasteiger partial charge in [-0.15, -0.1) is 0 Å². The second kappa shape index (κ2) is 3.17. The van der Waals surface area contributed by atoms with Gasteiger partial charge in [-0.1, -0.05) is 0 Å². The predicted octanol–water partition coefficient (Wildman–Crippen LogP) is 0.141. The highest BCUT2D eigenvalue weighted by atomic mass is 19.1. The molecule has 1 rings (SSSR count). The fraction of sp³-hybridized carbons (Fsp3) is 0.143. The molecule has 12 heavy (non-hydrogen) atoms. The van der Waals surface area contributed by atoms with Gasteiger partial charge >= 0.3 is 5.97 Å². The van der Waals surface area contributed by atoms with Gasteiger partial charge in [0.05, 0.1) is 6.42 Å². The van der Waals surface area contributed by atoms with Crippen molar-refractivity contribution in [3.63, 3.8) is 0 Å². The van der Waals surface area contributed by atoms with Crippen molar-refractivity contribution in [3.05, 3.63) is 34.0 Å². The van der Waals surface area contributed by atoms with Crippen LogP contribution in [0.4, 0.5) is 4.39 Å². The quantitative estimate of drug-likeness (QED) is 0.622. The molecule has 0 fully saturated rings. The minimum atomic E-state index is -1.12.